The van der Waals surface area contributed by atoms with Gasteiger partial charge in [0.25, 0.3) is 0 Å². The molecule has 0 N–H and O–H groups in total. The molecule has 1 aliphatic carbocycles. The van der Waals surface area contributed by atoms with Crippen molar-refractivity contribution < 1.29 is 0 Å². The molecule has 92 valence electrons. The zero-order valence-electron chi connectivity index (χ0n) is 10.6. The highest BCUT2D eigenvalue weighted by molar-refractivity contribution is 6.30. The van der Waals surface area contributed by atoms with Gasteiger partial charge in [-0.2, -0.15) is 0 Å². The Bertz CT molecular complexity index is 566. The minimum absolute atomic E-state index is 0.00333. The summed E-state index contributed by atoms with van der Waals surface area (Å²) in [6.07, 6.45) is 2.21. The van der Waals surface area contributed by atoms with Crippen LogP contribution in [-0.4, -0.2) is 9.97 Å². The first-order valence-electron chi connectivity index (χ1n) is 6.20. The van der Waals surface area contributed by atoms with E-state index in [0.29, 0.717) is 5.15 Å². The van der Waals surface area contributed by atoms with Crippen molar-refractivity contribution in [1.82, 2.24) is 9.97 Å². The monoisotopic (exact) mass is 258 g/mol. The van der Waals surface area contributed by atoms with Gasteiger partial charge in [0.15, 0.2) is 0 Å². The van der Waals surface area contributed by atoms with Gasteiger partial charge in [-0.1, -0.05) is 41.9 Å². The highest BCUT2D eigenvalue weighted by Crippen LogP contribution is 2.52. The molecule has 0 unspecified atom stereocenters. The zero-order valence-corrected chi connectivity index (χ0v) is 11.3. The maximum Gasteiger partial charge on any atom is 0.140 e. The average molecular weight is 259 g/mol. The molecule has 18 heavy (non-hydrogen) atoms. The van der Waals surface area contributed by atoms with E-state index in [9.17, 15) is 0 Å². The topological polar surface area (TPSA) is 25.8 Å². The first-order chi connectivity index (χ1) is 8.63. The largest absolute Gasteiger partial charge is 0.237 e. The summed E-state index contributed by atoms with van der Waals surface area (Å²) in [6.45, 7) is 3.96. The third-order valence-corrected chi connectivity index (χ3v) is 4.20. The van der Waals surface area contributed by atoms with Gasteiger partial charge in [-0.25, -0.2) is 9.97 Å². The molecule has 0 spiro atoms. The second kappa shape index (κ2) is 4.06. The highest BCUT2D eigenvalue weighted by Gasteiger charge is 2.48. The smallest absolute Gasteiger partial charge is 0.140 e. The standard InChI is InChI=1S/C15H15ClN2/c1-10-11(2)17-14(18-13(10)16)15(8-9-15)12-6-4-3-5-7-12/h3-7H,8-9H2,1-2H3. The van der Waals surface area contributed by atoms with Crippen molar-refractivity contribution in [2.45, 2.75) is 32.1 Å². The van der Waals surface area contributed by atoms with Crippen molar-refractivity contribution in [2.75, 3.05) is 0 Å². The maximum atomic E-state index is 6.19. The quantitative estimate of drug-likeness (QED) is 0.765. The Balaban J connectivity index is 2.11. The number of aryl methyl sites for hydroxylation is 1. The maximum absolute atomic E-state index is 6.19. The average Bonchev–Trinajstić information content (AvgIpc) is 3.18. The van der Waals surface area contributed by atoms with Crippen LogP contribution in [0.15, 0.2) is 30.3 Å². The fourth-order valence-corrected chi connectivity index (χ4v) is 2.55. The highest BCUT2D eigenvalue weighted by atomic mass is 35.5. The van der Waals surface area contributed by atoms with Crippen molar-refractivity contribution in [1.29, 1.82) is 0 Å². The molecule has 2 nitrogen and oxygen atoms in total. The Kier molecular flexibility index (Phi) is 2.63. The summed E-state index contributed by atoms with van der Waals surface area (Å²) in [5, 5.41) is 0.583. The lowest BCUT2D eigenvalue weighted by atomic mass is 9.95. The van der Waals surface area contributed by atoms with Gasteiger partial charge in [0.2, 0.25) is 0 Å². The van der Waals surface area contributed by atoms with Crippen LogP contribution in [0.1, 0.15) is 35.5 Å². The lowest BCUT2D eigenvalue weighted by Crippen LogP contribution is -2.15. The zero-order chi connectivity index (χ0) is 12.8. The van der Waals surface area contributed by atoms with Crippen LogP contribution >= 0.6 is 11.6 Å². The van der Waals surface area contributed by atoms with E-state index >= 15 is 0 Å². The molecule has 0 aliphatic heterocycles. The first-order valence-corrected chi connectivity index (χ1v) is 6.58. The summed E-state index contributed by atoms with van der Waals surface area (Å²) in [7, 11) is 0. The minimum atomic E-state index is 0.00333. The van der Waals surface area contributed by atoms with E-state index in [0.717, 1.165) is 29.9 Å². The van der Waals surface area contributed by atoms with Crippen LogP contribution in [0, 0.1) is 13.8 Å². The summed E-state index contributed by atoms with van der Waals surface area (Å²) < 4.78 is 0. The van der Waals surface area contributed by atoms with Crippen LogP contribution in [0.4, 0.5) is 0 Å². The van der Waals surface area contributed by atoms with Crippen molar-refractivity contribution in [3.05, 3.63) is 58.1 Å². The normalized spacial score (nSPS) is 16.6. The van der Waals surface area contributed by atoms with Crippen molar-refractivity contribution in [2.24, 2.45) is 0 Å². The van der Waals surface area contributed by atoms with E-state index in [1.807, 2.05) is 19.9 Å². The van der Waals surface area contributed by atoms with Crippen LogP contribution in [-0.2, 0) is 5.41 Å². The van der Waals surface area contributed by atoms with Gasteiger partial charge in [0, 0.05) is 11.3 Å². The van der Waals surface area contributed by atoms with Crippen LogP contribution in [0.2, 0.25) is 5.15 Å². The third-order valence-electron chi connectivity index (χ3n) is 3.83. The minimum Gasteiger partial charge on any atom is -0.237 e. The molecular weight excluding hydrogens is 244 g/mol. The van der Waals surface area contributed by atoms with E-state index in [-0.39, 0.29) is 5.41 Å². The number of rotatable bonds is 2. The molecule has 0 atom stereocenters. The lowest BCUT2D eigenvalue weighted by molar-refractivity contribution is 0.744. The molecule has 0 saturated heterocycles. The molecule has 0 bridgehead atoms. The summed E-state index contributed by atoms with van der Waals surface area (Å²) in [5.41, 5.74) is 3.25. The van der Waals surface area contributed by atoms with Gasteiger partial charge >= 0.3 is 0 Å². The molecule has 1 heterocycles. The van der Waals surface area contributed by atoms with E-state index in [1.54, 1.807) is 0 Å². The molecule has 1 aliphatic rings. The van der Waals surface area contributed by atoms with Crippen LogP contribution in [0.5, 0.6) is 0 Å². The molecule has 1 aromatic heterocycles. The molecule has 1 fully saturated rings. The Morgan fingerprint density at radius 2 is 1.72 bits per heavy atom. The van der Waals surface area contributed by atoms with Gasteiger partial charge in [-0.3, -0.25) is 0 Å². The van der Waals surface area contributed by atoms with Gasteiger partial charge in [0.1, 0.15) is 11.0 Å². The van der Waals surface area contributed by atoms with Crippen LogP contribution < -0.4 is 0 Å². The van der Waals surface area contributed by atoms with Gasteiger partial charge in [-0.05, 0) is 32.3 Å². The number of halogens is 1. The molecule has 3 heteroatoms. The van der Waals surface area contributed by atoms with Crippen molar-refractivity contribution in [3.8, 4) is 0 Å². The first kappa shape index (κ1) is 11.7. The Hall–Kier alpha value is -1.41. The molecule has 0 amide bonds. The molecule has 2 aromatic rings. The van der Waals surface area contributed by atoms with E-state index < -0.39 is 0 Å². The van der Waals surface area contributed by atoms with Crippen molar-refractivity contribution in [3.63, 3.8) is 0 Å². The van der Waals surface area contributed by atoms with Gasteiger partial charge in [0.05, 0.1) is 5.41 Å². The Morgan fingerprint density at radius 3 is 2.28 bits per heavy atom. The van der Waals surface area contributed by atoms with E-state index in [1.165, 1.54) is 5.56 Å². The number of nitrogens with zero attached hydrogens (tertiary/aromatic N) is 2. The second-order valence-electron chi connectivity index (χ2n) is 5.00. The predicted octanol–water partition coefficient (Wildman–Crippen LogP) is 3.83. The Morgan fingerprint density at radius 1 is 1.06 bits per heavy atom. The van der Waals surface area contributed by atoms with Crippen LogP contribution in [0.25, 0.3) is 0 Å². The molecule has 3 rings (SSSR count). The second-order valence-corrected chi connectivity index (χ2v) is 5.35. The molecule has 1 saturated carbocycles. The number of hydrogen-bond acceptors (Lipinski definition) is 2. The predicted molar refractivity (Wildman–Crippen MR) is 73.0 cm³/mol. The Labute approximate surface area is 112 Å². The van der Waals surface area contributed by atoms with Crippen LogP contribution in [0.3, 0.4) is 0 Å². The van der Waals surface area contributed by atoms with Gasteiger partial charge < -0.3 is 0 Å². The summed E-state index contributed by atoms with van der Waals surface area (Å²) in [4.78, 5) is 9.15. The fraction of sp³-hybridized carbons (Fsp3) is 0.333. The number of benzene rings is 1. The lowest BCUT2D eigenvalue weighted by Gasteiger charge is -2.16. The molecular formula is C15H15ClN2. The summed E-state index contributed by atoms with van der Waals surface area (Å²) >= 11 is 6.19. The van der Waals surface area contributed by atoms with Gasteiger partial charge in [-0.15, -0.1) is 0 Å². The number of hydrogen-bond donors (Lipinski definition) is 0. The van der Waals surface area contributed by atoms with E-state index in [4.69, 9.17) is 11.6 Å². The SMILES string of the molecule is Cc1nc(C2(c3ccccc3)CC2)nc(Cl)c1C. The molecule has 0 radical (unpaired) electrons. The number of aromatic nitrogens is 2. The van der Waals surface area contributed by atoms with E-state index in [2.05, 4.69) is 34.2 Å². The molecule has 1 aromatic carbocycles. The fourth-order valence-electron chi connectivity index (χ4n) is 2.33. The third kappa shape index (κ3) is 1.72. The summed E-state index contributed by atoms with van der Waals surface area (Å²) in [5.74, 6) is 0.877. The summed E-state index contributed by atoms with van der Waals surface area (Å²) in [6, 6.07) is 10.5. The van der Waals surface area contributed by atoms with Crippen molar-refractivity contribution >= 4 is 11.6 Å².